The Morgan fingerprint density at radius 2 is 1.85 bits per heavy atom. The first-order valence-corrected chi connectivity index (χ1v) is 4.10. The summed E-state index contributed by atoms with van der Waals surface area (Å²) in [5, 5.41) is 10.6. The van der Waals surface area contributed by atoms with E-state index < -0.39 is 23.8 Å². The van der Waals surface area contributed by atoms with Crippen molar-refractivity contribution in [3.8, 4) is 0 Å². The van der Waals surface area contributed by atoms with E-state index in [1.807, 2.05) is 0 Å². The second kappa shape index (κ2) is 4.07. The van der Waals surface area contributed by atoms with Gasteiger partial charge in [-0.15, -0.1) is 0 Å². The molecule has 0 fully saturated rings. The van der Waals surface area contributed by atoms with Crippen LogP contribution in [0, 0.1) is 11.8 Å². The van der Waals surface area contributed by atoms with Gasteiger partial charge in [0.25, 0.3) is 0 Å². The number of ether oxygens (including phenoxy) is 1. The maximum Gasteiger partial charge on any atom is 0.309 e. The molecule has 0 saturated carbocycles. The third-order valence-corrected chi connectivity index (χ3v) is 2.24. The van der Waals surface area contributed by atoms with Crippen LogP contribution in [0.15, 0.2) is 12.2 Å². The number of carbonyl (C=O) groups is 2. The van der Waals surface area contributed by atoms with Crippen molar-refractivity contribution in [3.63, 3.8) is 0 Å². The number of carbonyl (C=O) groups excluding carboxylic acids is 2. The molecule has 4 nitrogen and oxygen atoms in total. The topological polar surface area (TPSA) is 66.4 Å². The Hall–Kier alpha value is -1.32. The molecule has 0 aromatic rings. The third-order valence-electron chi connectivity index (χ3n) is 2.24. The summed E-state index contributed by atoms with van der Waals surface area (Å²) in [6.07, 6.45) is 4.31. The summed E-state index contributed by atoms with van der Waals surface area (Å²) in [4.78, 5) is 21.8. The minimum absolute atomic E-state index is 0.349. The fourth-order valence-corrected chi connectivity index (χ4v) is 1.49. The van der Waals surface area contributed by atoms with E-state index in [1.54, 1.807) is 12.2 Å². The predicted octanol–water partition coefficient (Wildman–Crippen LogP) is -0.508. The quantitative estimate of drug-likeness (QED) is 0.427. The fourth-order valence-electron chi connectivity index (χ4n) is 1.49. The summed E-state index contributed by atoms with van der Waals surface area (Å²) in [7, 11) is 1.26. The SMILES string of the molecule is COC(=O)[C@H]1CC=CC[C@@H]1C(=O)[O-]. The number of hydrogen-bond acceptors (Lipinski definition) is 4. The van der Waals surface area contributed by atoms with Gasteiger partial charge in [-0.05, 0) is 12.8 Å². The standard InChI is InChI=1S/C9H12O4/c1-13-9(12)7-5-3-2-4-6(7)8(10)11/h2-3,6-7H,4-5H2,1H3,(H,10,11)/p-1/t6-,7-/m0/s1. The Morgan fingerprint density at radius 1 is 1.31 bits per heavy atom. The highest BCUT2D eigenvalue weighted by molar-refractivity contribution is 5.80. The van der Waals surface area contributed by atoms with Gasteiger partial charge in [-0.2, -0.15) is 0 Å². The zero-order chi connectivity index (χ0) is 9.84. The number of rotatable bonds is 2. The van der Waals surface area contributed by atoms with Crippen LogP contribution in [0.3, 0.4) is 0 Å². The molecule has 0 aromatic carbocycles. The highest BCUT2D eigenvalue weighted by atomic mass is 16.5. The molecule has 13 heavy (non-hydrogen) atoms. The first kappa shape index (κ1) is 9.77. The Labute approximate surface area is 76.2 Å². The zero-order valence-electron chi connectivity index (χ0n) is 7.36. The number of aliphatic carboxylic acids is 1. The van der Waals surface area contributed by atoms with E-state index in [9.17, 15) is 14.7 Å². The molecule has 0 unspecified atom stereocenters. The van der Waals surface area contributed by atoms with Crippen LogP contribution in [-0.2, 0) is 14.3 Å². The van der Waals surface area contributed by atoms with E-state index in [-0.39, 0.29) is 0 Å². The molecule has 0 saturated heterocycles. The van der Waals surface area contributed by atoms with Gasteiger partial charge in [-0.25, -0.2) is 0 Å². The van der Waals surface area contributed by atoms with E-state index in [0.717, 1.165) is 0 Å². The van der Waals surface area contributed by atoms with Crippen molar-refractivity contribution in [1.29, 1.82) is 0 Å². The molecule has 0 aliphatic heterocycles. The van der Waals surface area contributed by atoms with Crippen molar-refractivity contribution in [3.05, 3.63) is 12.2 Å². The lowest BCUT2D eigenvalue weighted by Gasteiger charge is -2.26. The molecular formula is C9H11O4-. The van der Waals surface area contributed by atoms with Crippen molar-refractivity contribution in [2.75, 3.05) is 7.11 Å². The smallest absolute Gasteiger partial charge is 0.309 e. The van der Waals surface area contributed by atoms with Crippen LogP contribution in [0.2, 0.25) is 0 Å². The lowest BCUT2D eigenvalue weighted by molar-refractivity contribution is -0.313. The minimum Gasteiger partial charge on any atom is -0.550 e. The minimum atomic E-state index is -1.18. The summed E-state index contributed by atoms with van der Waals surface area (Å²) < 4.78 is 4.51. The molecule has 1 aliphatic rings. The van der Waals surface area contributed by atoms with Gasteiger partial charge in [0.15, 0.2) is 0 Å². The Morgan fingerprint density at radius 3 is 2.31 bits per heavy atom. The lowest BCUT2D eigenvalue weighted by atomic mass is 9.83. The van der Waals surface area contributed by atoms with Gasteiger partial charge < -0.3 is 14.6 Å². The summed E-state index contributed by atoms with van der Waals surface area (Å²) in [5.41, 5.74) is 0. The second-order valence-electron chi connectivity index (χ2n) is 3.00. The van der Waals surface area contributed by atoms with Crippen LogP contribution in [-0.4, -0.2) is 19.0 Å². The van der Waals surface area contributed by atoms with Gasteiger partial charge in [0, 0.05) is 11.9 Å². The van der Waals surface area contributed by atoms with Crippen molar-refractivity contribution in [1.82, 2.24) is 0 Å². The summed E-state index contributed by atoms with van der Waals surface area (Å²) in [5.74, 6) is -2.98. The predicted molar refractivity (Wildman–Crippen MR) is 42.4 cm³/mol. The van der Waals surface area contributed by atoms with E-state index in [1.165, 1.54) is 7.11 Å². The van der Waals surface area contributed by atoms with Crippen LogP contribution >= 0.6 is 0 Å². The Kier molecular flexibility index (Phi) is 3.06. The first-order chi connectivity index (χ1) is 6.16. The normalized spacial score (nSPS) is 26.8. The van der Waals surface area contributed by atoms with Crippen molar-refractivity contribution in [2.24, 2.45) is 11.8 Å². The highest BCUT2D eigenvalue weighted by Gasteiger charge is 2.30. The lowest BCUT2D eigenvalue weighted by Crippen LogP contribution is -2.40. The van der Waals surface area contributed by atoms with Gasteiger partial charge in [0.05, 0.1) is 13.0 Å². The Balaban J connectivity index is 2.75. The molecule has 0 aromatic heterocycles. The van der Waals surface area contributed by atoms with Crippen LogP contribution in [0.1, 0.15) is 12.8 Å². The second-order valence-corrected chi connectivity index (χ2v) is 3.00. The fraction of sp³-hybridized carbons (Fsp3) is 0.556. The van der Waals surface area contributed by atoms with Crippen molar-refractivity contribution < 1.29 is 19.4 Å². The van der Waals surface area contributed by atoms with Gasteiger partial charge in [-0.3, -0.25) is 4.79 Å². The number of hydrogen-bond donors (Lipinski definition) is 0. The monoisotopic (exact) mass is 183 g/mol. The van der Waals surface area contributed by atoms with Crippen LogP contribution in [0.25, 0.3) is 0 Å². The molecule has 1 rings (SSSR count). The number of carboxylic acid groups (broad SMARTS) is 1. The average Bonchev–Trinajstić information content (AvgIpc) is 2.16. The van der Waals surface area contributed by atoms with E-state index >= 15 is 0 Å². The summed E-state index contributed by atoms with van der Waals surface area (Å²) >= 11 is 0. The van der Waals surface area contributed by atoms with E-state index in [2.05, 4.69) is 4.74 Å². The zero-order valence-corrected chi connectivity index (χ0v) is 7.36. The molecule has 0 spiro atoms. The number of carboxylic acids is 1. The summed E-state index contributed by atoms with van der Waals surface area (Å²) in [6.45, 7) is 0. The molecule has 2 atom stereocenters. The molecule has 0 heterocycles. The highest BCUT2D eigenvalue weighted by Crippen LogP contribution is 2.25. The first-order valence-electron chi connectivity index (χ1n) is 4.10. The molecule has 0 bridgehead atoms. The van der Waals surface area contributed by atoms with Crippen molar-refractivity contribution in [2.45, 2.75) is 12.8 Å². The van der Waals surface area contributed by atoms with Gasteiger partial charge in [0.1, 0.15) is 0 Å². The molecule has 1 aliphatic carbocycles. The molecule has 0 amide bonds. The van der Waals surface area contributed by atoms with Gasteiger partial charge in [-0.1, -0.05) is 12.2 Å². The molecule has 0 radical (unpaired) electrons. The maximum absolute atomic E-state index is 11.1. The largest absolute Gasteiger partial charge is 0.550 e. The van der Waals surface area contributed by atoms with E-state index in [0.29, 0.717) is 12.8 Å². The van der Waals surface area contributed by atoms with Gasteiger partial charge in [0.2, 0.25) is 0 Å². The van der Waals surface area contributed by atoms with Crippen LogP contribution in [0.5, 0.6) is 0 Å². The van der Waals surface area contributed by atoms with Gasteiger partial charge >= 0.3 is 5.97 Å². The average molecular weight is 183 g/mol. The summed E-state index contributed by atoms with van der Waals surface area (Å²) in [6, 6.07) is 0. The maximum atomic E-state index is 11.1. The van der Waals surface area contributed by atoms with E-state index in [4.69, 9.17) is 0 Å². The molecule has 0 N–H and O–H groups in total. The number of esters is 1. The number of allylic oxidation sites excluding steroid dienone is 2. The number of methoxy groups -OCH3 is 1. The molecular weight excluding hydrogens is 172 g/mol. The Bertz CT molecular complexity index is 244. The molecule has 4 heteroatoms. The van der Waals surface area contributed by atoms with Crippen LogP contribution in [0.4, 0.5) is 0 Å². The van der Waals surface area contributed by atoms with Crippen LogP contribution < -0.4 is 5.11 Å². The third kappa shape index (κ3) is 2.08. The molecule has 72 valence electrons. The van der Waals surface area contributed by atoms with Crippen molar-refractivity contribution >= 4 is 11.9 Å².